The van der Waals surface area contributed by atoms with Crippen molar-refractivity contribution in [2.45, 2.75) is 31.6 Å². The van der Waals surface area contributed by atoms with Gasteiger partial charge in [0.2, 0.25) is 0 Å². The van der Waals surface area contributed by atoms with Crippen LogP contribution in [-0.4, -0.2) is 44.6 Å². The Morgan fingerprint density at radius 2 is 2.04 bits per heavy atom. The summed E-state index contributed by atoms with van der Waals surface area (Å²) in [6, 6.07) is 8.61. The first-order valence-corrected chi connectivity index (χ1v) is 8.66. The van der Waals surface area contributed by atoms with Crippen molar-refractivity contribution in [3.05, 3.63) is 68.5 Å². The second-order valence-electron chi connectivity index (χ2n) is 6.93. The maximum atomic E-state index is 12.7. The number of fused-ring (bicyclic) bond motifs is 5. The van der Waals surface area contributed by atoms with E-state index in [2.05, 4.69) is 10.1 Å². The lowest BCUT2D eigenvalue weighted by atomic mass is 10.0. The molecule has 27 heavy (non-hydrogen) atoms. The fourth-order valence-electron chi connectivity index (χ4n) is 4.00. The van der Waals surface area contributed by atoms with Crippen LogP contribution in [0.15, 0.2) is 51.3 Å². The number of carbonyl (C=O) groups is 1. The fraction of sp³-hybridized carbons (Fsp3) is 0.333. The van der Waals surface area contributed by atoms with Crippen LogP contribution in [0.3, 0.4) is 0 Å². The first kappa shape index (κ1) is 16.0. The third kappa shape index (κ3) is 2.28. The number of hydrogen-bond donors (Lipinski definition) is 1. The highest BCUT2D eigenvalue weighted by Crippen LogP contribution is 2.45. The second-order valence-corrected chi connectivity index (χ2v) is 6.93. The number of aromatic amines is 1. The van der Waals surface area contributed by atoms with Crippen LogP contribution in [0.4, 0.5) is 0 Å². The van der Waals surface area contributed by atoms with Crippen molar-refractivity contribution in [2.24, 2.45) is 11.1 Å². The molecule has 3 heterocycles. The van der Waals surface area contributed by atoms with Gasteiger partial charge < -0.3 is 4.84 Å². The largest absolute Gasteiger partial charge is 0.388 e. The van der Waals surface area contributed by atoms with Gasteiger partial charge in [-0.2, -0.15) is 0 Å². The Kier molecular flexibility index (Phi) is 3.35. The van der Waals surface area contributed by atoms with Gasteiger partial charge in [-0.1, -0.05) is 23.4 Å². The maximum absolute atomic E-state index is 12.7. The molecule has 1 aromatic carbocycles. The Hall–Kier alpha value is -3.20. The van der Waals surface area contributed by atoms with Crippen LogP contribution in [0.1, 0.15) is 22.3 Å². The minimum Gasteiger partial charge on any atom is -0.388 e. The molecule has 138 valence electrons. The Morgan fingerprint density at radius 1 is 1.26 bits per heavy atom. The van der Waals surface area contributed by atoms with E-state index in [1.54, 1.807) is 31.2 Å². The van der Waals surface area contributed by atoms with Gasteiger partial charge in [0.1, 0.15) is 12.1 Å². The van der Waals surface area contributed by atoms with Gasteiger partial charge in [0.15, 0.2) is 11.9 Å². The standard InChI is InChI=1S/C18H16N4O5/c1-9-8-21(18(25)19-16(9)23)15-13-12-7-11(14(13)26-20-15)22(27-12)17(24)10-5-3-2-4-6-10/h2-6,8,11-14H,7H2,1H3,(H,19,23,25)/t11-,12+,13-,14+/m1/s1. The van der Waals surface area contributed by atoms with Crippen molar-refractivity contribution in [2.75, 3.05) is 0 Å². The lowest BCUT2D eigenvalue weighted by Crippen LogP contribution is -2.50. The summed E-state index contributed by atoms with van der Waals surface area (Å²) in [6.07, 6.45) is 1.34. The first-order chi connectivity index (χ1) is 13.0. The van der Waals surface area contributed by atoms with E-state index in [0.717, 1.165) is 0 Å². The lowest BCUT2D eigenvalue weighted by Gasteiger charge is -2.32. The number of carbonyl (C=O) groups excluding carboxylic acids is 1. The molecule has 2 aromatic rings. The van der Waals surface area contributed by atoms with E-state index in [4.69, 9.17) is 9.68 Å². The summed E-state index contributed by atoms with van der Waals surface area (Å²) in [5, 5.41) is 5.43. The molecule has 2 aliphatic heterocycles. The van der Waals surface area contributed by atoms with Gasteiger partial charge in [0.05, 0.1) is 5.92 Å². The molecule has 1 N–H and O–H groups in total. The number of amides is 1. The summed E-state index contributed by atoms with van der Waals surface area (Å²) < 4.78 is 1.29. The third-order valence-electron chi connectivity index (χ3n) is 5.31. The van der Waals surface area contributed by atoms with E-state index < -0.39 is 11.2 Å². The summed E-state index contributed by atoms with van der Waals surface area (Å²) in [6.45, 7) is 1.61. The van der Waals surface area contributed by atoms with E-state index >= 15 is 0 Å². The number of nitrogens with one attached hydrogen (secondary N) is 1. The van der Waals surface area contributed by atoms with Crippen molar-refractivity contribution in [3.63, 3.8) is 0 Å². The molecule has 1 aliphatic carbocycles. The van der Waals surface area contributed by atoms with Crippen LogP contribution < -0.4 is 11.2 Å². The van der Waals surface area contributed by atoms with Crippen molar-refractivity contribution >= 4 is 11.7 Å². The van der Waals surface area contributed by atoms with Gasteiger partial charge in [-0.3, -0.25) is 24.0 Å². The molecule has 1 amide bonds. The number of benzene rings is 1. The van der Waals surface area contributed by atoms with E-state index in [-0.39, 0.29) is 30.1 Å². The molecule has 3 aliphatic rings. The van der Waals surface area contributed by atoms with Crippen LogP contribution in [0.2, 0.25) is 0 Å². The normalized spacial score (nSPS) is 28.0. The molecule has 9 nitrogen and oxygen atoms in total. The maximum Gasteiger partial charge on any atom is 0.333 e. The Labute approximate surface area is 152 Å². The average molecular weight is 368 g/mol. The van der Waals surface area contributed by atoms with Crippen molar-refractivity contribution in [1.82, 2.24) is 14.6 Å². The highest BCUT2D eigenvalue weighted by Gasteiger charge is 2.61. The molecule has 9 heteroatoms. The monoisotopic (exact) mass is 368 g/mol. The molecule has 4 atom stereocenters. The van der Waals surface area contributed by atoms with E-state index in [9.17, 15) is 14.4 Å². The number of H-pyrrole nitrogens is 1. The van der Waals surface area contributed by atoms with Gasteiger partial charge in [0.25, 0.3) is 11.5 Å². The highest BCUT2D eigenvalue weighted by molar-refractivity contribution is 5.95. The molecular formula is C18H16N4O5. The second kappa shape index (κ2) is 5.65. The minimum atomic E-state index is -0.575. The number of hydroxylamine groups is 2. The smallest absolute Gasteiger partial charge is 0.333 e. The van der Waals surface area contributed by atoms with Crippen molar-refractivity contribution in [1.29, 1.82) is 0 Å². The average Bonchev–Trinajstić information content (AvgIpc) is 3.37. The summed E-state index contributed by atoms with van der Waals surface area (Å²) in [7, 11) is 0. The van der Waals surface area contributed by atoms with E-state index in [1.165, 1.54) is 15.8 Å². The fourth-order valence-corrected chi connectivity index (χ4v) is 4.00. The summed E-state index contributed by atoms with van der Waals surface area (Å²) in [5.74, 6) is -0.114. The molecule has 0 radical (unpaired) electrons. The minimum absolute atomic E-state index is 0.226. The predicted octanol–water partition coefficient (Wildman–Crippen LogP) is 0.250. The van der Waals surface area contributed by atoms with Gasteiger partial charge in [-0.15, -0.1) is 0 Å². The highest BCUT2D eigenvalue weighted by atomic mass is 16.7. The molecule has 0 unspecified atom stereocenters. The van der Waals surface area contributed by atoms with Gasteiger partial charge >= 0.3 is 5.69 Å². The molecule has 2 bridgehead atoms. The van der Waals surface area contributed by atoms with Crippen LogP contribution >= 0.6 is 0 Å². The number of rotatable bonds is 1. The van der Waals surface area contributed by atoms with Crippen LogP contribution in [-0.2, 0) is 9.68 Å². The Balaban J connectivity index is 1.43. The number of oxime groups is 1. The molecule has 1 saturated heterocycles. The zero-order valence-corrected chi connectivity index (χ0v) is 14.4. The van der Waals surface area contributed by atoms with Crippen molar-refractivity contribution in [3.8, 4) is 0 Å². The van der Waals surface area contributed by atoms with Crippen molar-refractivity contribution < 1.29 is 14.5 Å². The summed E-state index contributed by atoms with van der Waals surface area (Å²) in [5.41, 5.74) is -0.0799. The topological polar surface area (TPSA) is 106 Å². The third-order valence-corrected chi connectivity index (χ3v) is 5.31. The molecule has 2 fully saturated rings. The van der Waals surface area contributed by atoms with Crippen LogP contribution in [0.5, 0.6) is 0 Å². The van der Waals surface area contributed by atoms with Gasteiger partial charge in [-0.25, -0.2) is 9.86 Å². The SMILES string of the molecule is Cc1cn(C2=NO[C@@H]3[C@H]2[C@@H]2C[C@H]3N(C(=O)c3ccccc3)O2)c(=O)[nH]c1=O. The number of aryl methyl sites for hydroxylation is 1. The summed E-state index contributed by atoms with van der Waals surface area (Å²) >= 11 is 0. The number of aromatic nitrogens is 2. The molecule has 1 aromatic heterocycles. The molecule has 5 rings (SSSR count). The zero-order valence-electron chi connectivity index (χ0n) is 14.4. The lowest BCUT2D eigenvalue weighted by molar-refractivity contribution is -0.190. The Bertz CT molecular complexity index is 1070. The predicted molar refractivity (Wildman–Crippen MR) is 93.1 cm³/mol. The Morgan fingerprint density at radius 3 is 2.81 bits per heavy atom. The van der Waals surface area contributed by atoms with Gasteiger partial charge in [-0.05, 0) is 19.1 Å². The number of hydrogen-bond acceptors (Lipinski definition) is 6. The molecule has 0 spiro atoms. The van der Waals surface area contributed by atoms with E-state index in [0.29, 0.717) is 23.4 Å². The van der Waals surface area contributed by atoms with Crippen LogP contribution in [0.25, 0.3) is 0 Å². The van der Waals surface area contributed by atoms with Gasteiger partial charge in [0, 0.05) is 23.7 Å². The number of nitrogens with zero attached hydrogens (tertiary/aromatic N) is 3. The van der Waals surface area contributed by atoms with Crippen LogP contribution in [0, 0.1) is 12.8 Å². The van der Waals surface area contributed by atoms with E-state index in [1.807, 2.05) is 6.07 Å². The zero-order chi connectivity index (χ0) is 18.7. The summed E-state index contributed by atoms with van der Waals surface area (Å²) in [4.78, 5) is 50.2. The quantitative estimate of drug-likeness (QED) is 0.777. The molecular weight excluding hydrogens is 352 g/mol. The first-order valence-electron chi connectivity index (χ1n) is 8.66. The molecule has 1 saturated carbocycles.